The van der Waals surface area contributed by atoms with Gasteiger partial charge in [0.1, 0.15) is 11.3 Å². The Labute approximate surface area is 123 Å². The molecule has 0 atom stereocenters. The molecule has 0 aliphatic rings. The smallest absolute Gasteiger partial charge is 0.259 e. The molecular weight excluding hydrogens is 266 g/mol. The van der Waals surface area contributed by atoms with Crippen LogP contribution in [0.5, 0.6) is 0 Å². The molecule has 1 amide bonds. The number of aromatic nitrogens is 1. The maximum absolute atomic E-state index is 12.3. The summed E-state index contributed by atoms with van der Waals surface area (Å²) in [6, 6.07) is 7.74. The van der Waals surface area contributed by atoms with Crippen LogP contribution in [0.3, 0.4) is 0 Å². The Balaban J connectivity index is 2.11. The monoisotopic (exact) mass is 283 g/mol. The molecule has 2 aromatic rings. The van der Waals surface area contributed by atoms with E-state index in [2.05, 4.69) is 17.0 Å². The van der Waals surface area contributed by atoms with Gasteiger partial charge in [-0.2, -0.15) is 0 Å². The lowest BCUT2D eigenvalue weighted by Gasteiger charge is -2.16. The van der Waals surface area contributed by atoms with E-state index in [9.17, 15) is 4.79 Å². The second-order valence-electron chi connectivity index (χ2n) is 4.66. The van der Waals surface area contributed by atoms with Crippen LogP contribution in [-0.4, -0.2) is 29.6 Å². The van der Waals surface area contributed by atoms with Crippen molar-refractivity contribution >= 4 is 5.91 Å². The van der Waals surface area contributed by atoms with Gasteiger partial charge in [0.2, 0.25) is 0 Å². The number of carbonyl (C=O) groups is 1. The van der Waals surface area contributed by atoms with Crippen molar-refractivity contribution in [2.75, 3.05) is 13.6 Å². The van der Waals surface area contributed by atoms with Gasteiger partial charge in [-0.05, 0) is 24.6 Å². The van der Waals surface area contributed by atoms with Crippen molar-refractivity contribution in [1.29, 1.82) is 0 Å². The summed E-state index contributed by atoms with van der Waals surface area (Å²) < 4.78 is 4.92. The molecule has 0 fully saturated rings. The molecule has 0 saturated heterocycles. The van der Waals surface area contributed by atoms with Gasteiger partial charge in [-0.15, -0.1) is 0 Å². The van der Waals surface area contributed by atoms with Crippen molar-refractivity contribution in [3.63, 3.8) is 0 Å². The van der Waals surface area contributed by atoms with E-state index in [0.29, 0.717) is 24.4 Å². The first-order valence-corrected chi connectivity index (χ1v) is 6.56. The summed E-state index contributed by atoms with van der Waals surface area (Å²) in [5, 5.41) is 3.63. The van der Waals surface area contributed by atoms with Crippen LogP contribution in [0.15, 0.2) is 35.0 Å². The molecule has 5 heteroatoms. The van der Waals surface area contributed by atoms with Gasteiger partial charge in [-0.1, -0.05) is 29.1 Å². The quantitative estimate of drug-likeness (QED) is 0.868. The molecule has 2 N–H and O–H groups in total. The average Bonchev–Trinajstić information content (AvgIpc) is 2.90. The van der Waals surface area contributed by atoms with Gasteiger partial charge in [-0.3, -0.25) is 4.79 Å². The van der Waals surface area contributed by atoms with Gasteiger partial charge in [-0.25, -0.2) is 0 Å². The molecule has 0 saturated carbocycles. The van der Waals surface area contributed by atoms with Crippen LogP contribution in [-0.2, 0) is 6.54 Å². The third kappa shape index (κ3) is 3.71. The van der Waals surface area contributed by atoms with Crippen molar-refractivity contribution in [3.8, 4) is 11.8 Å². The summed E-state index contributed by atoms with van der Waals surface area (Å²) in [5.74, 6) is 6.20. The molecule has 1 aromatic carbocycles. The fourth-order valence-electron chi connectivity index (χ4n) is 1.96. The number of rotatable bonds is 3. The lowest BCUT2D eigenvalue weighted by Crippen LogP contribution is -2.26. The highest BCUT2D eigenvalue weighted by Crippen LogP contribution is 2.12. The minimum atomic E-state index is -0.118. The van der Waals surface area contributed by atoms with E-state index < -0.39 is 0 Å². The lowest BCUT2D eigenvalue weighted by atomic mass is 10.1. The number of nitrogens with two attached hydrogens (primary N) is 1. The standard InChI is InChI=1S/C16H17N3O2/c1-12-15(10-18-21-12)16(20)19(2)11-14-6-3-5-13(9-14)7-4-8-17/h3,5-6,9-10H,8,11,17H2,1-2H3. The molecular formula is C16H17N3O2. The number of carbonyl (C=O) groups excluding carboxylic acids is 1. The van der Waals surface area contributed by atoms with Crippen molar-refractivity contribution in [3.05, 3.63) is 52.9 Å². The Morgan fingerprint density at radius 2 is 2.29 bits per heavy atom. The van der Waals surface area contributed by atoms with E-state index >= 15 is 0 Å². The van der Waals surface area contributed by atoms with Crippen LogP contribution in [0.4, 0.5) is 0 Å². The predicted molar refractivity (Wildman–Crippen MR) is 79.4 cm³/mol. The van der Waals surface area contributed by atoms with Crippen LogP contribution in [0.2, 0.25) is 0 Å². The molecule has 108 valence electrons. The zero-order chi connectivity index (χ0) is 15.2. The third-order valence-corrected chi connectivity index (χ3v) is 3.01. The first kappa shape index (κ1) is 14.8. The van der Waals surface area contributed by atoms with Gasteiger partial charge in [0.25, 0.3) is 5.91 Å². The van der Waals surface area contributed by atoms with Crippen molar-refractivity contribution in [2.45, 2.75) is 13.5 Å². The molecule has 21 heavy (non-hydrogen) atoms. The van der Waals surface area contributed by atoms with E-state index in [-0.39, 0.29) is 5.91 Å². The second kappa shape index (κ2) is 6.73. The largest absolute Gasteiger partial charge is 0.361 e. The number of amides is 1. The van der Waals surface area contributed by atoms with Crippen molar-refractivity contribution in [1.82, 2.24) is 10.1 Å². The summed E-state index contributed by atoms with van der Waals surface area (Å²) in [5.41, 5.74) is 7.74. The normalized spacial score (nSPS) is 9.86. The highest BCUT2D eigenvalue weighted by atomic mass is 16.5. The summed E-state index contributed by atoms with van der Waals surface area (Å²) in [4.78, 5) is 13.9. The minimum absolute atomic E-state index is 0.118. The summed E-state index contributed by atoms with van der Waals surface area (Å²) in [6.45, 7) is 2.54. The number of benzene rings is 1. The molecule has 1 aromatic heterocycles. The predicted octanol–water partition coefficient (Wildman–Crippen LogP) is 1.57. The molecule has 0 aliphatic carbocycles. The molecule has 0 aliphatic heterocycles. The first-order valence-electron chi connectivity index (χ1n) is 6.56. The topological polar surface area (TPSA) is 72.4 Å². The van der Waals surface area contributed by atoms with Gasteiger partial charge in [0.15, 0.2) is 0 Å². The number of aryl methyl sites for hydroxylation is 1. The molecule has 0 radical (unpaired) electrons. The summed E-state index contributed by atoms with van der Waals surface area (Å²) >= 11 is 0. The van der Waals surface area contributed by atoms with Crippen molar-refractivity contribution < 1.29 is 9.32 Å². The van der Waals surface area contributed by atoms with Crippen LogP contribution in [0.25, 0.3) is 0 Å². The third-order valence-electron chi connectivity index (χ3n) is 3.01. The number of hydrogen-bond donors (Lipinski definition) is 1. The summed E-state index contributed by atoms with van der Waals surface area (Å²) in [6.07, 6.45) is 1.44. The molecule has 0 unspecified atom stereocenters. The molecule has 5 nitrogen and oxygen atoms in total. The second-order valence-corrected chi connectivity index (χ2v) is 4.66. The number of nitrogens with zero attached hydrogens (tertiary/aromatic N) is 2. The fraction of sp³-hybridized carbons (Fsp3) is 0.250. The first-order chi connectivity index (χ1) is 10.1. The van der Waals surface area contributed by atoms with Gasteiger partial charge < -0.3 is 15.2 Å². The van der Waals surface area contributed by atoms with Crippen LogP contribution < -0.4 is 5.73 Å². The van der Waals surface area contributed by atoms with E-state index in [1.54, 1.807) is 18.9 Å². The Hall–Kier alpha value is -2.58. The maximum Gasteiger partial charge on any atom is 0.259 e. The molecule has 1 heterocycles. The van der Waals surface area contributed by atoms with Crippen LogP contribution in [0.1, 0.15) is 27.2 Å². The van der Waals surface area contributed by atoms with E-state index in [0.717, 1.165) is 11.1 Å². The van der Waals surface area contributed by atoms with E-state index in [4.69, 9.17) is 10.3 Å². The van der Waals surface area contributed by atoms with Gasteiger partial charge in [0, 0.05) is 19.2 Å². The zero-order valence-electron chi connectivity index (χ0n) is 12.1. The van der Waals surface area contributed by atoms with Gasteiger partial charge in [0.05, 0.1) is 12.7 Å². The Bertz CT molecular complexity index is 695. The Kier molecular flexibility index (Phi) is 4.75. The molecule has 0 spiro atoms. The lowest BCUT2D eigenvalue weighted by molar-refractivity contribution is 0.0783. The van der Waals surface area contributed by atoms with Crippen molar-refractivity contribution in [2.24, 2.45) is 5.73 Å². The molecule has 0 bridgehead atoms. The summed E-state index contributed by atoms with van der Waals surface area (Å²) in [7, 11) is 1.74. The van der Waals surface area contributed by atoms with Crippen LogP contribution in [0, 0.1) is 18.8 Å². The minimum Gasteiger partial charge on any atom is -0.361 e. The van der Waals surface area contributed by atoms with Crippen LogP contribution >= 0.6 is 0 Å². The van der Waals surface area contributed by atoms with E-state index in [1.807, 2.05) is 24.3 Å². The average molecular weight is 283 g/mol. The highest BCUT2D eigenvalue weighted by Gasteiger charge is 2.17. The van der Waals surface area contributed by atoms with E-state index in [1.165, 1.54) is 6.20 Å². The fourth-order valence-corrected chi connectivity index (χ4v) is 1.96. The number of hydrogen-bond acceptors (Lipinski definition) is 4. The maximum atomic E-state index is 12.3. The SMILES string of the molecule is Cc1oncc1C(=O)N(C)Cc1cccc(C#CCN)c1. The Morgan fingerprint density at radius 3 is 2.95 bits per heavy atom. The van der Waals surface area contributed by atoms with Gasteiger partial charge >= 0.3 is 0 Å². The zero-order valence-corrected chi connectivity index (χ0v) is 12.1. The Morgan fingerprint density at radius 1 is 1.48 bits per heavy atom. The highest BCUT2D eigenvalue weighted by molar-refractivity contribution is 5.94. The molecule has 2 rings (SSSR count).